The van der Waals surface area contributed by atoms with Gasteiger partial charge < -0.3 is 10.2 Å². The van der Waals surface area contributed by atoms with Crippen LogP contribution in [0.25, 0.3) is 0 Å². The van der Waals surface area contributed by atoms with E-state index in [0.717, 1.165) is 0 Å². The third kappa shape index (κ3) is 1.58. The lowest BCUT2D eigenvalue weighted by Crippen LogP contribution is -2.08. The Labute approximate surface area is 80.4 Å². The van der Waals surface area contributed by atoms with Crippen molar-refractivity contribution in [2.45, 2.75) is 0 Å². The van der Waals surface area contributed by atoms with Crippen molar-refractivity contribution in [2.24, 2.45) is 5.84 Å². The molecule has 0 saturated heterocycles. The van der Waals surface area contributed by atoms with Gasteiger partial charge in [0.05, 0.1) is 17.8 Å². The number of nitrogens with two attached hydrogens (primary N) is 1. The molecule has 0 radical (unpaired) electrons. The molecule has 0 spiro atoms. The van der Waals surface area contributed by atoms with E-state index in [1.165, 1.54) is 7.11 Å². The van der Waals surface area contributed by atoms with Crippen molar-refractivity contribution >= 4 is 28.9 Å². The lowest BCUT2D eigenvalue weighted by atomic mass is 10.3. The van der Waals surface area contributed by atoms with E-state index >= 15 is 0 Å². The highest BCUT2D eigenvalue weighted by molar-refractivity contribution is 6.40. The zero-order chi connectivity index (χ0) is 9.14. The van der Waals surface area contributed by atoms with Crippen LogP contribution in [0.15, 0.2) is 12.1 Å². The fourth-order valence-electron chi connectivity index (χ4n) is 0.823. The quantitative estimate of drug-likeness (QED) is 0.577. The number of hydrogen-bond donors (Lipinski definition) is 2. The number of hydrogen-bond acceptors (Lipinski definition) is 3. The van der Waals surface area contributed by atoms with Gasteiger partial charge in [0, 0.05) is 0 Å². The fraction of sp³-hybridized carbons (Fsp3) is 0.143. The highest BCUT2D eigenvalue weighted by Gasteiger charge is 2.09. The molecule has 0 amide bonds. The summed E-state index contributed by atoms with van der Waals surface area (Å²) in [6.07, 6.45) is 0. The average molecular weight is 207 g/mol. The number of halogens is 2. The summed E-state index contributed by atoms with van der Waals surface area (Å²) in [6.45, 7) is 0. The summed E-state index contributed by atoms with van der Waals surface area (Å²) in [5.74, 6) is 5.74. The van der Waals surface area contributed by atoms with Crippen LogP contribution in [0.4, 0.5) is 5.69 Å². The molecule has 1 aromatic carbocycles. The zero-order valence-electron chi connectivity index (χ0n) is 6.40. The topological polar surface area (TPSA) is 47.3 Å². The van der Waals surface area contributed by atoms with Crippen LogP contribution in [0.2, 0.25) is 10.0 Å². The van der Waals surface area contributed by atoms with Crippen molar-refractivity contribution in [1.29, 1.82) is 0 Å². The normalized spacial score (nSPS) is 9.67. The summed E-state index contributed by atoms with van der Waals surface area (Å²) in [5.41, 5.74) is 2.86. The molecule has 0 aliphatic carbocycles. The molecule has 0 bridgehead atoms. The minimum atomic E-state index is 0.382. The summed E-state index contributed by atoms with van der Waals surface area (Å²) < 4.78 is 4.96. The van der Waals surface area contributed by atoms with Crippen molar-refractivity contribution in [3.63, 3.8) is 0 Å². The zero-order valence-corrected chi connectivity index (χ0v) is 7.91. The number of nitrogens with one attached hydrogen (secondary N) is 1. The molecule has 66 valence electrons. The van der Waals surface area contributed by atoms with Crippen LogP contribution in [-0.4, -0.2) is 7.11 Å². The highest BCUT2D eigenvalue weighted by Crippen LogP contribution is 2.36. The third-order valence-corrected chi connectivity index (χ3v) is 2.11. The number of benzene rings is 1. The van der Waals surface area contributed by atoms with Gasteiger partial charge in [0.15, 0.2) is 0 Å². The first-order valence-electron chi connectivity index (χ1n) is 3.19. The second-order valence-corrected chi connectivity index (χ2v) is 2.87. The van der Waals surface area contributed by atoms with Crippen molar-refractivity contribution in [3.8, 4) is 5.75 Å². The molecular formula is C7H8Cl2N2O. The van der Waals surface area contributed by atoms with Gasteiger partial charge in [0.1, 0.15) is 10.8 Å². The van der Waals surface area contributed by atoms with E-state index in [2.05, 4.69) is 5.43 Å². The Morgan fingerprint density at radius 2 is 2.08 bits per heavy atom. The van der Waals surface area contributed by atoms with E-state index in [-0.39, 0.29) is 0 Å². The van der Waals surface area contributed by atoms with E-state index < -0.39 is 0 Å². The van der Waals surface area contributed by atoms with Crippen LogP contribution in [0.1, 0.15) is 0 Å². The number of anilines is 1. The van der Waals surface area contributed by atoms with Crippen LogP contribution in [-0.2, 0) is 0 Å². The third-order valence-electron chi connectivity index (χ3n) is 1.42. The SMILES string of the molecule is COc1ccc(Cl)c(NN)c1Cl. The van der Waals surface area contributed by atoms with Crippen molar-refractivity contribution in [1.82, 2.24) is 0 Å². The standard InChI is InChI=1S/C7H8Cl2N2O/c1-12-5-3-2-4(8)7(11-10)6(5)9/h2-3,11H,10H2,1H3. The summed E-state index contributed by atoms with van der Waals surface area (Å²) >= 11 is 11.6. The van der Waals surface area contributed by atoms with Gasteiger partial charge in [-0.2, -0.15) is 0 Å². The Morgan fingerprint density at radius 1 is 1.42 bits per heavy atom. The number of rotatable bonds is 2. The molecule has 0 aliphatic rings. The first kappa shape index (κ1) is 9.45. The Bertz CT molecular complexity index is 291. The van der Waals surface area contributed by atoms with Crippen LogP contribution in [0.5, 0.6) is 5.75 Å². The predicted octanol–water partition coefficient (Wildman–Crippen LogP) is 2.29. The van der Waals surface area contributed by atoms with Crippen LogP contribution in [0, 0.1) is 0 Å². The van der Waals surface area contributed by atoms with Crippen LogP contribution >= 0.6 is 23.2 Å². The first-order valence-corrected chi connectivity index (χ1v) is 3.95. The second kappa shape index (κ2) is 3.85. The van der Waals surface area contributed by atoms with E-state index in [9.17, 15) is 0 Å². The van der Waals surface area contributed by atoms with Gasteiger partial charge in [-0.3, -0.25) is 5.84 Å². The largest absolute Gasteiger partial charge is 0.495 e. The van der Waals surface area contributed by atoms with Crippen LogP contribution < -0.4 is 16.0 Å². The monoisotopic (exact) mass is 206 g/mol. The Balaban J connectivity index is 3.24. The van der Waals surface area contributed by atoms with Gasteiger partial charge in [-0.05, 0) is 12.1 Å². The van der Waals surface area contributed by atoms with E-state index in [1.807, 2.05) is 0 Å². The molecule has 3 N–H and O–H groups in total. The first-order chi connectivity index (χ1) is 5.70. The molecule has 0 saturated carbocycles. The van der Waals surface area contributed by atoms with E-state index in [1.54, 1.807) is 12.1 Å². The Kier molecular flexibility index (Phi) is 3.03. The van der Waals surface area contributed by atoms with Gasteiger partial charge >= 0.3 is 0 Å². The molecule has 1 rings (SSSR count). The molecule has 0 aromatic heterocycles. The summed E-state index contributed by atoms with van der Waals surface area (Å²) in [7, 11) is 1.52. The van der Waals surface area contributed by atoms with Gasteiger partial charge in [0.25, 0.3) is 0 Å². The molecule has 0 unspecified atom stereocenters. The molecular weight excluding hydrogens is 199 g/mol. The van der Waals surface area contributed by atoms with Gasteiger partial charge in [-0.15, -0.1) is 0 Å². The van der Waals surface area contributed by atoms with E-state index in [0.29, 0.717) is 21.5 Å². The number of ether oxygens (including phenoxy) is 1. The lowest BCUT2D eigenvalue weighted by molar-refractivity contribution is 0.415. The van der Waals surface area contributed by atoms with Crippen molar-refractivity contribution in [3.05, 3.63) is 22.2 Å². The molecule has 0 heterocycles. The summed E-state index contributed by atoms with van der Waals surface area (Å²) in [6, 6.07) is 3.33. The molecule has 5 heteroatoms. The van der Waals surface area contributed by atoms with Crippen molar-refractivity contribution in [2.75, 3.05) is 12.5 Å². The smallest absolute Gasteiger partial charge is 0.139 e. The predicted molar refractivity (Wildman–Crippen MR) is 50.8 cm³/mol. The summed E-state index contributed by atoms with van der Waals surface area (Å²) in [5, 5.41) is 0.843. The maximum absolute atomic E-state index is 5.86. The Hall–Kier alpha value is -0.640. The molecule has 3 nitrogen and oxygen atoms in total. The van der Waals surface area contributed by atoms with Crippen molar-refractivity contribution < 1.29 is 4.74 Å². The Morgan fingerprint density at radius 3 is 2.58 bits per heavy atom. The minimum absolute atomic E-state index is 0.382. The fourth-order valence-corrected chi connectivity index (χ4v) is 1.38. The molecule has 1 aromatic rings. The maximum Gasteiger partial charge on any atom is 0.139 e. The maximum atomic E-state index is 5.86. The highest BCUT2D eigenvalue weighted by atomic mass is 35.5. The van der Waals surface area contributed by atoms with Gasteiger partial charge in [0.2, 0.25) is 0 Å². The average Bonchev–Trinajstić information content (AvgIpc) is 2.06. The second-order valence-electron chi connectivity index (χ2n) is 2.08. The number of hydrazine groups is 1. The van der Waals surface area contributed by atoms with E-state index in [4.69, 9.17) is 33.8 Å². The van der Waals surface area contributed by atoms with Gasteiger partial charge in [-0.25, -0.2) is 0 Å². The minimum Gasteiger partial charge on any atom is -0.495 e. The number of methoxy groups -OCH3 is 1. The molecule has 0 aliphatic heterocycles. The van der Waals surface area contributed by atoms with Crippen LogP contribution in [0.3, 0.4) is 0 Å². The van der Waals surface area contributed by atoms with Gasteiger partial charge in [-0.1, -0.05) is 23.2 Å². The molecule has 12 heavy (non-hydrogen) atoms. The molecule has 0 atom stereocenters. The lowest BCUT2D eigenvalue weighted by Gasteiger charge is -2.09. The number of nitrogen functional groups attached to an aromatic ring is 1. The summed E-state index contributed by atoms with van der Waals surface area (Å²) in [4.78, 5) is 0. The molecule has 0 fully saturated rings.